The zero-order chi connectivity index (χ0) is 16.8. The molecule has 122 valence electrons. The van der Waals surface area contributed by atoms with Crippen molar-refractivity contribution in [3.63, 3.8) is 0 Å². The lowest BCUT2D eigenvalue weighted by molar-refractivity contribution is 0.0601. The number of nitrogens with one attached hydrogen (secondary N) is 2. The Morgan fingerprint density at radius 2 is 2.00 bits per heavy atom. The molecule has 0 radical (unpaired) electrons. The summed E-state index contributed by atoms with van der Waals surface area (Å²) in [6, 6.07) is 6.64. The summed E-state index contributed by atoms with van der Waals surface area (Å²) in [5.74, 6) is 1.38. The summed E-state index contributed by atoms with van der Waals surface area (Å²) in [6.45, 7) is 5.05. The molecule has 0 aliphatic heterocycles. The zero-order valence-corrected chi connectivity index (χ0v) is 14.0. The van der Waals surface area contributed by atoms with Crippen molar-refractivity contribution in [1.82, 2.24) is 9.97 Å². The highest BCUT2D eigenvalue weighted by atomic mass is 35.5. The third kappa shape index (κ3) is 4.82. The molecule has 7 heteroatoms. The van der Waals surface area contributed by atoms with Crippen molar-refractivity contribution >= 4 is 34.9 Å². The number of rotatable bonds is 6. The van der Waals surface area contributed by atoms with Crippen LogP contribution in [0.1, 0.15) is 24.2 Å². The molecule has 0 aliphatic rings. The van der Waals surface area contributed by atoms with E-state index in [1.54, 1.807) is 24.3 Å². The van der Waals surface area contributed by atoms with Crippen LogP contribution in [0.25, 0.3) is 0 Å². The standard InChI is InChI=1S/C16H19ClN4O2/c1-10(2)8-18-14-7-15(20-9-19-14)21-13-6-11(16(22)23-3)4-5-12(13)17/h4-7,9-10H,8H2,1-3H3,(H2,18,19,20,21). The minimum absolute atomic E-state index is 0.409. The van der Waals surface area contributed by atoms with E-state index in [0.29, 0.717) is 28.0 Å². The predicted octanol–water partition coefficient (Wildman–Crippen LogP) is 3.73. The third-order valence-electron chi connectivity index (χ3n) is 3.01. The number of esters is 1. The van der Waals surface area contributed by atoms with Crippen molar-refractivity contribution in [3.8, 4) is 0 Å². The molecule has 0 bridgehead atoms. The lowest BCUT2D eigenvalue weighted by Crippen LogP contribution is -2.09. The van der Waals surface area contributed by atoms with Gasteiger partial charge in [0.25, 0.3) is 0 Å². The summed E-state index contributed by atoms with van der Waals surface area (Å²) in [4.78, 5) is 19.9. The number of halogens is 1. The van der Waals surface area contributed by atoms with Crippen LogP contribution in [0, 0.1) is 5.92 Å². The minimum atomic E-state index is -0.424. The SMILES string of the molecule is COC(=O)c1ccc(Cl)c(Nc2cc(NCC(C)C)ncn2)c1. The number of carbonyl (C=O) groups is 1. The molecule has 0 amide bonds. The van der Waals surface area contributed by atoms with Gasteiger partial charge in [-0.2, -0.15) is 0 Å². The normalized spacial score (nSPS) is 10.5. The number of hydrogen-bond acceptors (Lipinski definition) is 6. The van der Waals surface area contributed by atoms with E-state index in [2.05, 4.69) is 34.4 Å². The molecule has 2 N–H and O–H groups in total. The molecule has 1 aromatic carbocycles. The number of nitrogens with zero attached hydrogens (tertiary/aromatic N) is 2. The Morgan fingerprint density at radius 3 is 2.70 bits per heavy atom. The van der Waals surface area contributed by atoms with Crippen LogP contribution in [-0.2, 0) is 4.74 Å². The Morgan fingerprint density at radius 1 is 1.26 bits per heavy atom. The number of anilines is 3. The van der Waals surface area contributed by atoms with Crippen LogP contribution in [0.4, 0.5) is 17.3 Å². The fourth-order valence-corrected chi connectivity index (χ4v) is 2.00. The number of benzene rings is 1. The Balaban J connectivity index is 2.18. The number of hydrogen-bond donors (Lipinski definition) is 2. The molecule has 2 aromatic rings. The van der Waals surface area contributed by atoms with Gasteiger partial charge >= 0.3 is 5.97 Å². The summed E-state index contributed by atoms with van der Waals surface area (Å²) in [5.41, 5.74) is 0.981. The van der Waals surface area contributed by atoms with Crippen molar-refractivity contribution in [3.05, 3.63) is 41.2 Å². The largest absolute Gasteiger partial charge is 0.465 e. The summed E-state index contributed by atoms with van der Waals surface area (Å²) < 4.78 is 4.71. The Kier molecular flexibility index (Phi) is 5.76. The Labute approximate surface area is 140 Å². The summed E-state index contributed by atoms with van der Waals surface area (Å²) >= 11 is 6.16. The van der Waals surface area contributed by atoms with Crippen molar-refractivity contribution in [1.29, 1.82) is 0 Å². The van der Waals surface area contributed by atoms with E-state index in [1.807, 2.05) is 0 Å². The zero-order valence-electron chi connectivity index (χ0n) is 13.3. The lowest BCUT2D eigenvalue weighted by atomic mass is 10.2. The van der Waals surface area contributed by atoms with Crippen molar-refractivity contribution in [2.45, 2.75) is 13.8 Å². The molecule has 0 unspecified atom stereocenters. The van der Waals surface area contributed by atoms with Crippen LogP contribution in [0.5, 0.6) is 0 Å². The fourth-order valence-electron chi connectivity index (χ4n) is 1.83. The maximum Gasteiger partial charge on any atom is 0.337 e. The quantitative estimate of drug-likeness (QED) is 0.784. The van der Waals surface area contributed by atoms with E-state index in [1.165, 1.54) is 13.4 Å². The first-order valence-electron chi connectivity index (χ1n) is 7.20. The van der Waals surface area contributed by atoms with E-state index in [9.17, 15) is 4.79 Å². The monoisotopic (exact) mass is 334 g/mol. The van der Waals surface area contributed by atoms with Gasteiger partial charge in [0.15, 0.2) is 0 Å². The van der Waals surface area contributed by atoms with Gasteiger partial charge < -0.3 is 15.4 Å². The van der Waals surface area contributed by atoms with E-state index in [0.717, 1.165) is 12.4 Å². The fraction of sp³-hybridized carbons (Fsp3) is 0.312. The molecular formula is C16H19ClN4O2. The second kappa shape index (κ2) is 7.78. The number of carbonyl (C=O) groups excluding carboxylic acids is 1. The van der Waals surface area contributed by atoms with E-state index >= 15 is 0 Å². The lowest BCUT2D eigenvalue weighted by Gasteiger charge is -2.11. The van der Waals surface area contributed by atoms with Gasteiger partial charge in [0.2, 0.25) is 0 Å². The number of methoxy groups -OCH3 is 1. The molecule has 6 nitrogen and oxygen atoms in total. The molecule has 1 aromatic heterocycles. The topological polar surface area (TPSA) is 76.1 Å². The molecule has 0 spiro atoms. The molecule has 23 heavy (non-hydrogen) atoms. The second-order valence-corrected chi connectivity index (χ2v) is 5.78. The van der Waals surface area contributed by atoms with E-state index in [4.69, 9.17) is 16.3 Å². The molecule has 0 aliphatic carbocycles. The predicted molar refractivity (Wildman–Crippen MR) is 91.4 cm³/mol. The first kappa shape index (κ1) is 17.0. The molecular weight excluding hydrogens is 316 g/mol. The average molecular weight is 335 g/mol. The maximum atomic E-state index is 11.6. The van der Waals surface area contributed by atoms with Crippen molar-refractivity contribution in [2.24, 2.45) is 5.92 Å². The highest BCUT2D eigenvalue weighted by Gasteiger charge is 2.10. The van der Waals surface area contributed by atoms with Crippen LogP contribution in [0.2, 0.25) is 5.02 Å². The van der Waals surface area contributed by atoms with Crippen molar-refractivity contribution in [2.75, 3.05) is 24.3 Å². The minimum Gasteiger partial charge on any atom is -0.465 e. The molecule has 2 rings (SSSR count). The molecule has 0 atom stereocenters. The maximum absolute atomic E-state index is 11.6. The first-order chi connectivity index (χ1) is 11.0. The van der Waals surface area contributed by atoms with E-state index in [-0.39, 0.29) is 0 Å². The summed E-state index contributed by atoms with van der Waals surface area (Å²) in [7, 11) is 1.33. The van der Waals surface area contributed by atoms with Gasteiger partial charge in [-0.25, -0.2) is 14.8 Å². The van der Waals surface area contributed by atoms with Crippen LogP contribution in [-0.4, -0.2) is 29.6 Å². The van der Waals surface area contributed by atoms with Gasteiger partial charge in [-0.3, -0.25) is 0 Å². The highest BCUT2D eigenvalue weighted by molar-refractivity contribution is 6.33. The molecule has 0 saturated carbocycles. The van der Waals surface area contributed by atoms with Gasteiger partial charge in [0, 0.05) is 12.6 Å². The smallest absolute Gasteiger partial charge is 0.337 e. The number of aromatic nitrogens is 2. The highest BCUT2D eigenvalue weighted by Crippen LogP contribution is 2.26. The van der Waals surface area contributed by atoms with Gasteiger partial charge in [-0.15, -0.1) is 0 Å². The van der Waals surface area contributed by atoms with Gasteiger partial charge in [-0.05, 0) is 24.1 Å². The third-order valence-corrected chi connectivity index (χ3v) is 3.34. The van der Waals surface area contributed by atoms with Gasteiger partial charge in [0.1, 0.15) is 18.0 Å². The van der Waals surface area contributed by atoms with Crippen LogP contribution in [0.3, 0.4) is 0 Å². The molecule has 1 heterocycles. The second-order valence-electron chi connectivity index (χ2n) is 5.37. The van der Waals surface area contributed by atoms with E-state index < -0.39 is 5.97 Å². The molecule has 0 fully saturated rings. The first-order valence-corrected chi connectivity index (χ1v) is 7.58. The Bertz CT molecular complexity index is 692. The van der Waals surface area contributed by atoms with Gasteiger partial charge in [0.05, 0.1) is 23.4 Å². The summed E-state index contributed by atoms with van der Waals surface area (Å²) in [5, 5.41) is 6.79. The van der Waals surface area contributed by atoms with Crippen LogP contribution in [0.15, 0.2) is 30.6 Å². The summed E-state index contributed by atoms with van der Waals surface area (Å²) in [6.07, 6.45) is 1.46. The Hall–Kier alpha value is -2.34. The van der Waals surface area contributed by atoms with Crippen molar-refractivity contribution < 1.29 is 9.53 Å². The van der Waals surface area contributed by atoms with Crippen LogP contribution >= 0.6 is 11.6 Å². The van der Waals surface area contributed by atoms with Gasteiger partial charge in [-0.1, -0.05) is 25.4 Å². The molecule has 0 saturated heterocycles. The number of ether oxygens (including phenoxy) is 1. The average Bonchev–Trinajstić information content (AvgIpc) is 2.54. The van der Waals surface area contributed by atoms with Crippen LogP contribution < -0.4 is 10.6 Å².